The van der Waals surface area contributed by atoms with Gasteiger partial charge in [0.05, 0.1) is 0 Å². The van der Waals surface area contributed by atoms with Crippen molar-refractivity contribution in [1.82, 2.24) is 0 Å². The molecule has 0 fully saturated rings. The van der Waals surface area contributed by atoms with Crippen molar-refractivity contribution in [2.45, 2.75) is 13.8 Å². The van der Waals surface area contributed by atoms with Crippen LogP contribution in [0, 0.1) is 19.7 Å². The lowest BCUT2D eigenvalue weighted by Gasteiger charge is -2.08. The van der Waals surface area contributed by atoms with Gasteiger partial charge in [0.2, 0.25) is 0 Å². The number of rotatable bonds is 2. The highest BCUT2D eigenvalue weighted by atomic mass is 19.1. The molecule has 0 radical (unpaired) electrons. The predicted molar refractivity (Wildman–Crippen MR) is 70.3 cm³/mol. The fraction of sp³-hybridized carbons (Fsp3) is 0.133. The Morgan fingerprint density at radius 3 is 2.44 bits per heavy atom. The van der Waals surface area contributed by atoms with Gasteiger partial charge in [0.15, 0.2) is 0 Å². The second-order valence-electron chi connectivity index (χ2n) is 4.23. The van der Waals surface area contributed by atoms with Crippen molar-refractivity contribution in [3.8, 4) is 0 Å². The summed E-state index contributed by atoms with van der Waals surface area (Å²) >= 11 is 0. The first-order valence-corrected chi connectivity index (χ1v) is 5.71. The fourth-order valence-corrected chi connectivity index (χ4v) is 1.70. The summed E-state index contributed by atoms with van der Waals surface area (Å²) in [5.41, 5.74) is 2.51. The number of halogens is 1. The van der Waals surface area contributed by atoms with Gasteiger partial charge in [-0.2, -0.15) is 0 Å². The van der Waals surface area contributed by atoms with Crippen LogP contribution in [0.15, 0.2) is 42.5 Å². The molecule has 2 rings (SSSR count). The molecule has 2 aromatic carbocycles. The summed E-state index contributed by atoms with van der Waals surface area (Å²) in [6.07, 6.45) is 0. The van der Waals surface area contributed by atoms with Gasteiger partial charge in [0.25, 0.3) is 5.91 Å². The van der Waals surface area contributed by atoms with E-state index in [0.29, 0.717) is 16.8 Å². The molecule has 1 amide bonds. The van der Waals surface area contributed by atoms with Crippen molar-refractivity contribution < 1.29 is 9.18 Å². The maximum absolute atomic E-state index is 13.4. The van der Waals surface area contributed by atoms with Crippen LogP contribution in [0.1, 0.15) is 21.5 Å². The molecule has 0 aliphatic carbocycles. The number of nitrogens with one attached hydrogen (secondary N) is 1. The van der Waals surface area contributed by atoms with E-state index in [1.54, 1.807) is 31.2 Å². The van der Waals surface area contributed by atoms with E-state index >= 15 is 0 Å². The largest absolute Gasteiger partial charge is 0.322 e. The average molecular weight is 243 g/mol. The van der Waals surface area contributed by atoms with E-state index in [2.05, 4.69) is 5.32 Å². The second kappa shape index (κ2) is 5.00. The zero-order valence-electron chi connectivity index (χ0n) is 10.3. The van der Waals surface area contributed by atoms with Crippen molar-refractivity contribution in [2.24, 2.45) is 0 Å². The van der Waals surface area contributed by atoms with Crippen molar-refractivity contribution in [1.29, 1.82) is 0 Å². The Labute approximate surface area is 105 Å². The normalized spacial score (nSPS) is 10.2. The highest BCUT2D eigenvalue weighted by molar-refractivity contribution is 6.05. The standard InChI is InChI=1S/C15H14FNO/c1-10-5-3-4-6-13(10)15(18)17-12-8-7-11(2)14(16)9-12/h3-9H,1-2H3,(H,17,18). The third-order valence-electron chi connectivity index (χ3n) is 2.82. The van der Waals surface area contributed by atoms with Crippen LogP contribution in [0.5, 0.6) is 0 Å². The van der Waals surface area contributed by atoms with Gasteiger partial charge in [0, 0.05) is 11.3 Å². The molecule has 18 heavy (non-hydrogen) atoms. The van der Waals surface area contributed by atoms with Gasteiger partial charge in [-0.25, -0.2) is 4.39 Å². The smallest absolute Gasteiger partial charge is 0.255 e. The lowest BCUT2D eigenvalue weighted by Crippen LogP contribution is -2.13. The summed E-state index contributed by atoms with van der Waals surface area (Å²) in [4.78, 5) is 12.0. The van der Waals surface area contributed by atoms with E-state index in [0.717, 1.165) is 5.56 Å². The molecule has 0 saturated heterocycles. The molecule has 0 aromatic heterocycles. The van der Waals surface area contributed by atoms with Crippen LogP contribution in [-0.4, -0.2) is 5.91 Å². The molecule has 92 valence electrons. The summed E-state index contributed by atoms with van der Waals surface area (Å²) in [7, 11) is 0. The third-order valence-corrected chi connectivity index (χ3v) is 2.82. The van der Waals surface area contributed by atoms with Gasteiger partial charge in [-0.15, -0.1) is 0 Å². The van der Waals surface area contributed by atoms with Gasteiger partial charge < -0.3 is 5.32 Å². The maximum atomic E-state index is 13.4. The van der Waals surface area contributed by atoms with Crippen LogP contribution < -0.4 is 5.32 Å². The van der Waals surface area contributed by atoms with Gasteiger partial charge in [-0.3, -0.25) is 4.79 Å². The molecule has 0 aliphatic heterocycles. The highest BCUT2D eigenvalue weighted by Crippen LogP contribution is 2.15. The fourth-order valence-electron chi connectivity index (χ4n) is 1.70. The summed E-state index contributed by atoms with van der Waals surface area (Å²) < 4.78 is 13.4. The number of carbonyl (C=O) groups excluding carboxylic acids is 1. The Kier molecular flexibility index (Phi) is 3.42. The van der Waals surface area contributed by atoms with E-state index in [9.17, 15) is 9.18 Å². The number of benzene rings is 2. The molecule has 0 saturated carbocycles. The number of hydrogen-bond acceptors (Lipinski definition) is 1. The van der Waals surface area contributed by atoms with E-state index < -0.39 is 0 Å². The molecule has 3 heteroatoms. The number of carbonyl (C=O) groups is 1. The van der Waals surface area contributed by atoms with Crippen LogP contribution >= 0.6 is 0 Å². The Morgan fingerprint density at radius 1 is 1.06 bits per heavy atom. The minimum Gasteiger partial charge on any atom is -0.322 e. The van der Waals surface area contributed by atoms with E-state index in [1.165, 1.54) is 6.07 Å². The molecule has 2 aromatic rings. The molecular weight excluding hydrogens is 229 g/mol. The first kappa shape index (κ1) is 12.3. The van der Waals surface area contributed by atoms with Crippen molar-refractivity contribution in [3.63, 3.8) is 0 Å². The third kappa shape index (κ3) is 2.56. The number of anilines is 1. The van der Waals surface area contributed by atoms with Crippen LogP contribution in [-0.2, 0) is 0 Å². The minimum atomic E-state index is -0.322. The minimum absolute atomic E-state index is 0.226. The van der Waals surface area contributed by atoms with Crippen molar-refractivity contribution >= 4 is 11.6 Å². The van der Waals surface area contributed by atoms with Crippen molar-refractivity contribution in [2.75, 3.05) is 5.32 Å². The SMILES string of the molecule is Cc1ccc(NC(=O)c2ccccc2C)cc1F. The zero-order valence-corrected chi connectivity index (χ0v) is 10.3. The van der Waals surface area contributed by atoms with Crippen LogP contribution in [0.25, 0.3) is 0 Å². The lowest BCUT2D eigenvalue weighted by molar-refractivity contribution is 0.102. The maximum Gasteiger partial charge on any atom is 0.255 e. The highest BCUT2D eigenvalue weighted by Gasteiger charge is 2.09. The summed E-state index contributed by atoms with van der Waals surface area (Å²) in [5, 5.41) is 2.69. The molecule has 2 nitrogen and oxygen atoms in total. The molecule has 0 bridgehead atoms. The Morgan fingerprint density at radius 2 is 1.78 bits per heavy atom. The monoisotopic (exact) mass is 243 g/mol. The Hall–Kier alpha value is -2.16. The topological polar surface area (TPSA) is 29.1 Å². The summed E-state index contributed by atoms with van der Waals surface area (Å²) in [6, 6.07) is 11.9. The lowest BCUT2D eigenvalue weighted by atomic mass is 10.1. The first-order chi connectivity index (χ1) is 8.58. The molecule has 0 heterocycles. The second-order valence-corrected chi connectivity index (χ2v) is 4.23. The van der Waals surface area contributed by atoms with Crippen molar-refractivity contribution in [3.05, 3.63) is 65.0 Å². The molecule has 0 aliphatic rings. The number of aryl methyl sites for hydroxylation is 2. The molecular formula is C15H14FNO. The Balaban J connectivity index is 2.22. The quantitative estimate of drug-likeness (QED) is 0.856. The average Bonchev–Trinajstić information content (AvgIpc) is 2.34. The molecule has 1 N–H and O–H groups in total. The van der Waals surface area contributed by atoms with Gasteiger partial charge in [-0.05, 0) is 43.2 Å². The van der Waals surface area contributed by atoms with Gasteiger partial charge >= 0.3 is 0 Å². The van der Waals surface area contributed by atoms with Gasteiger partial charge in [-0.1, -0.05) is 24.3 Å². The molecule has 0 unspecified atom stereocenters. The number of hydrogen-bond donors (Lipinski definition) is 1. The molecule has 0 atom stereocenters. The van der Waals surface area contributed by atoms with Crippen LogP contribution in [0.4, 0.5) is 10.1 Å². The van der Waals surface area contributed by atoms with E-state index in [-0.39, 0.29) is 11.7 Å². The summed E-state index contributed by atoms with van der Waals surface area (Å²) in [6.45, 7) is 3.55. The van der Waals surface area contributed by atoms with Gasteiger partial charge in [0.1, 0.15) is 5.82 Å². The predicted octanol–water partition coefficient (Wildman–Crippen LogP) is 3.69. The Bertz CT molecular complexity index is 593. The van der Waals surface area contributed by atoms with Crippen LogP contribution in [0.2, 0.25) is 0 Å². The van der Waals surface area contributed by atoms with Crippen LogP contribution in [0.3, 0.4) is 0 Å². The zero-order chi connectivity index (χ0) is 13.1. The number of amides is 1. The molecule has 0 spiro atoms. The van der Waals surface area contributed by atoms with E-state index in [4.69, 9.17) is 0 Å². The van der Waals surface area contributed by atoms with E-state index in [1.807, 2.05) is 19.1 Å². The first-order valence-electron chi connectivity index (χ1n) is 5.71. The summed E-state index contributed by atoms with van der Waals surface area (Å²) in [5.74, 6) is -0.547.